The molecule has 0 aliphatic rings. The van der Waals surface area contributed by atoms with E-state index >= 15 is 0 Å². The van der Waals surface area contributed by atoms with E-state index in [9.17, 15) is 13.2 Å². The van der Waals surface area contributed by atoms with Gasteiger partial charge in [0.1, 0.15) is 16.8 Å². The maximum absolute atomic E-state index is 12.1. The minimum absolute atomic E-state index is 0.0564. The molecular formula is C12H9N3O4S2. The number of rotatable bonds is 4. The number of carbonyl (C=O) groups is 1. The smallest absolute Gasteiger partial charge is 0.348 e. The molecule has 2 aromatic rings. The van der Waals surface area contributed by atoms with Gasteiger partial charge in [0.25, 0.3) is 10.0 Å². The molecule has 21 heavy (non-hydrogen) atoms. The SMILES string of the molecule is COC(=O)c1cc(S(=O)(=O)Nc2ccc(C#N)cn2)cs1. The van der Waals surface area contributed by atoms with E-state index in [0.717, 1.165) is 11.3 Å². The van der Waals surface area contributed by atoms with E-state index in [2.05, 4.69) is 14.4 Å². The summed E-state index contributed by atoms with van der Waals surface area (Å²) in [4.78, 5) is 15.3. The van der Waals surface area contributed by atoms with Crippen LogP contribution in [0.25, 0.3) is 0 Å². The third-order valence-electron chi connectivity index (χ3n) is 2.40. The predicted molar refractivity (Wildman–Crippen MR) is 75.4 cm³/mol. The molecule has 0 fully saturated rings. The molecule has 0 radical (unpaired) electrons. The van der Waals surface area contributed by atoms with Crippen molar-refractivity contribution >= 4 is 33.1 Å². The first kappa shape index (κ1) is 15.0. The van der Waals surface area contributed by atoms with Gasteiger partial charge in [-0.2, -0.15) is 5.26 Å². The average molecular weight is 323 g/mol. The zero-order chi connectivity index (χ0) is 15.5. The van der Waals surface area contributed by atoms with Crippen LogP contribution in [0.2, 0.25) is 0 Å². The van der Waals surface area contributed by atoms with Crippen LogP contribution in [0.1, 0.15) is 15.2 Å². The van der Waals surface area contributed by atoms with Crippen LogP contribution in [-0.2, 0) is 14.8 Å². The van der Waals surface area contributed by atoms with Gasteiger partial charge in [-0.3, -0.25) is 4.72 Å². The molecule has 108 valence electrons. The number of esters is 1. The Bertz CT molecular complexity index is 804. The van der Waals surface area contributed by atoms with Gasteiger partial charge >= 0.3 is 5.97 Å². The number of hydrogen-bond donors (Lipinski definition) is 1. The molecule has 0 aliphatic carbocycles. The van der Waals surface area contributed by atoms with E-state index < -0.39 is 16.0 Å². The van der Waals surface area contributed by atoms with Gasteiger partial charge in [0, 0.05) is 11.6 Å². The standard InChI is InChI=1S/C12H9N3O4S2/c1-19-12(16)10-4-9(7-20-10)21(17,18)15-11-3-2-8(5-13)6-14-11/h2-4,6-7H,1H3,(H,14,15). The highest BCUT2D eigenvalue weighted by molar-refractivity contribution is 7.92. The zero-order valence-electron chi connectivity index (χ0n) is 10.7. The van der Waals surface area contributed by atoms with Crippen LogP contribution in [0.3, 0.4) is 0 Å². The van der Waals surface area contributed by atoms with Crippen molar-refractivity contribution in [1.82, 2.24) is 4.98 Å². The molecule has 7 nitrogen and oxygen atoms in total. The van der Waals surface area contributed by atoms with Crippen LogP contribution in [0.15, 0.2) is 34.7 Å². The first-order valence-corrected chi connectivity index (χ1v) is 7.88. The molecule has 0 bridgehead atoms. The lowest BCUT2D eigenvalue weighted by Gasteiger charge is -2.05. The molecule has 0 amide bonds. The first-order valence-electron chi connectivity index (χ1n) is 5.52. The molecule has 1 N–H and O–H groups in total. The maximum atomic E-state index is 12.1. The molecule has 0 saturated carbocycles. The molecule has 0 aromatic carbocycles. The summed E-state index contributed by atoms with van der Waals surface area (Å²) in [7, 11) is -2.63. The number of sulfonamides is 1. The van der Waals surface area contributed by atoms with E-state index in [1.54, 1.807) is 0 Å². The van der Waals surface area contributed by atoms with Crippen LogP contribution in [0, 0.1) is 11.3 Å². The molecule has 0 unspecified atom stereocenters. The van der Waals surface area contributed by atoms with Gasteiger partial charge in [0.05, 0.1) is 17.6 Å². The molecule has 2 heterocycles. The maximum Gasteiger partial charge on any atom is 0.348 e. The highest BCUT2D eigenvalue weighted by atomic mass is 32.2. The Kier molecular flexibility index (Phi) is 4.21. The van der Waals surface area contributed by atoms with Crippen molar-refractivity contribution in [3.8, 4) is 6.07 Å². The van der Waals surface area contributed by atoms with E-state index in [-0.39, 0.29) is 15.6 Å². The first-order chi connectivity index (χ1) is 9.96. The molecule has 0 saturated heterocycles. The number of ether oxygens (including phenoxy) is 1. The lowest BCUT2D eigenvalue weighted by molar-refractivity contribution is 0.0606. The third-order valence-corrected chi connectivity index (χ3v) is 4.80. The molecule has 2 rings (SSSR count). The lowest BCUT2D eigenvalue weighted by atomic mass is 10.3. The number of anilines is 1. The van der Waals surface area contributed by atoms with Crippen molar-refractivity contribution in [2.45, 2.75) is 4.90 Å². The fourth-order valence-electron chi connectivity index (χ4n) is 1.38. The summed E-state index contributed by atoms with van der Waals surface area (Å²) in [6.45, 7) is 0. The summed E-state index contributed by atoms with van der Waals surface area (Å²) in [6.07, 6.45) is 1.26. The number of thiophene rings is 1. The number of pyridine rings is 1. The monoisotopic (exact) mass is 323 g/mol. The van der Waals surface area contributed by atoms with Crippen molar-refractivity contribution in [3.05, 3.63) is 40.2 Å². The highest BCUT2D eigenvalue weighted by Gasteiger charge is 2.19. The molecule has 9 heteroatoms. The van der Waals surface area contributed by atoms with Gasteiger partial charge in [-0.15, -0.1) is 11.3 Å². The molecule has 0 atom stereocenters. The van der Waals surface area contributed by atoms with Crippen LogP contribution < -0.4 is 4.72 Å². The molecule has 0 spiro atoms. The number of hydrogen-bond acceptors (Lipinski definition) is 7. The minimum Gasteiger partial charge on any atom is -0.465 e. The second kappa shape index (κ2) is 5.90. The average Bonchev–Trinajstić information content (AvgIpc) is 2.97. The number of carbonyl (C=O) groups excluding carboxylic acids is 1. The van der Waals surface area contributed by atoms with E-state index in [0.29, 0.717) is 5.56 Å². The van der Waals surface area contributed by atoms with Crippen LogP contribution >= 0.6 is 11.3 Å². The summed E-state index contributed by atoms with van der Waals surface area (Å²) in [5.74, 6) is -0.516. The van der Waals surface area contributed by atoms with E-state index in [1.807, 2.05) is 6.07 Å². The fourth-order valence-corrected chi connectivity index (χ4v) is 3.58. The number of nitrogens with one attached hydrogen (secondary N) is 1. The largest absolute Gasteiger partial charge is 0.465 e. The second-order valence-electron chi connectivity index (χ2n) is 3.79. The Balaban J connectivity index is 2.23. The molecular weight excluding hydrogens is 314 g/mol. The van der Waals surface area contributed by atoms with Gasteiger partial charge in [-0.25, -0.2) is 18.2 Å². The minimum atomic E-state index is -3.85. The number of methoxy groups -OCH3 is 1. The van der Waals surface area contributed by atoms with Gasteiger partial charge in [-0.1, -0.05) is 0 Å². The van der Waals surface area contributed by atoms with Crippen molar-refractivity contribution in [1.29, 1.82) is 5.26 Å². The Morgan fingerprint density at radius 1 is 1.48 bits per heavy atom. The fraction of sp³-hybridized carbons (Fsp3) is 0.0833. The number of nitriles is 1. The van der Waals surface area contributed by atoms with Crippen molar-refractivity contribution < 1.29 is 17.9 Å². The van der Waals surface area contributed by atoms with Crippen molar-refractivity contribution in [3.63, 3.8) is 0 Å². The third kappa shape index (κ3) is 3.36. The van der Waals surface area contributed by atoms with Crippen LogP contribution in [0.4, 0.5) is 5.82 Å². The van der Waals surface area contributed by atoms with E-state index in [1.165, 1.54) is 36.9 Å². The van der Waals surface area contributed by atoms with E-state index in [4.69, 9.17) is 5.26 Å². The van der Waals surface area contributed by atoms with Gasteiger partial charge in [-0.05, 0) is 18.2 Å². The second-order valence-corrected chi connectivity index (χ2v) is 6.38. The Labute approximate surface area is 124 Å². The lowest BCUT2D eigenvalue weighted by Crippen LogP contribution is -2.13. The Morgan fingerprint density at radius 3 is 2.81 bits per heavy atom. The summed E-state index contributed by atoms with van der Waals surface area (Å²) in [6, 6.07) is 5.93. The summed E-state index contributed by atoms with van der Waals surface area (Å²) in [5.41, 5.74) is 0.321. The van der Waals surface area contributed by atoms with Crippen LogP contribution in [0.5, 0.6) is 0 Å². The quantitative estimate of drug-likeness (QED) is 0.856. The summed E-state index contributed by atoms with van der Waals surface area (Å²) in [5, 5.41) is 9.98. The summed E-state index contributed by atoms with van der Waals surface area (Å²) >= 11 is 0.969. The number of aromatic nitrogens is 1. The highest BCUT2D eigenvalue weighted by Crippen LogP contribution is 2.22. The predicted octanol–water partition coefficient (Wildman–Crippen LogP) is 1.60. The Hall–Kier alpha value is -2.44. The van der Waals surface area contributed by atoms with Gasteiger partial charge in [0.15, 0.2) is 0 Å². The zero-order valence-corrected chi connectivity index (χ0v) is 12.4. The topological polar surface area (TPSA) is 109 Å². The summed E-state index contributed by atoms with van der Waals surface area (Å²) < 4.78 is 31.0. The van der Waals surface area contributed by atoms with Crippen molar-refractivity contribution in [2.75, 3.05) is 11.8 Å². The van der Waals surface area contributed by atoms with Crippen LogP contribution in [-0.4, -0.2) is 26.5 Å². The molecule has 2 aromatic heterocycles. The van der Waals surface area contributed by atoms with Gasteiger partial charge in [0.2, 0.25) is 0 Å². The normalized spacial score (nSPS) is 10.7. The van der Waals surface area contributed by atoms with Gasteiger partial charge < -0.3 is 4.74 Å². The number of nitrogens with zero attached hydrogens (tertiary/aromatic N) is 2. The van der Waals surface area contributed by atoms with Crippen molar-refractivity contribution in [2.24, 2.45) is 0 Å². The molecule has 0 aliphatic heterocycles. The Morgan fingerprint density at radius 2 is 2.24 bits per heavy atom.